The van der Waals surface area contributed by atoms with E-state index in [2.05, 4.69) is 17.4 Å². The second-order valence-corrected chi connectivity index (χ2v) is 7.41. The second-order valence-electron chi connectivity index (χ2n) is 6.47. The number of para-hydroxylation sites is 1. The average molecular weight is 379 g/mol. The molecule has 138 valence electrons. The van der Waals surface area contributed by atoms with Crippen LogP contribution in [-0.2, 0) is 11.2 Å². The molecule has 0 bridgehead atoms. The largest absolute Gasteiger partial charge is 0.493 e. The molecule has 1 atom stereocenters. The molecule has 0 unspecified atom stereocenters. The topological polar surface area (TPSA) is 47.6 Å². The van der Waals surface area contributed by atoms with Gasteiger partial charge >= 0.3 is 0 Å². The summed E-state index contributed by atoms with van der Waals surface area (Å²) in [5.41, 5.74) is 3.13. The molecule has 27 heavy (non-hydrogen) atoms. The standard InChI is InChI=1S/C22H21NO3S/c1-25-19-9-5-8-16(17-14-20(24)23-18-11-13-27-22(17)18)21(19)26-12-10-15-6-3-2-4-7-15/h2-9,11,13,17H,10,12,14H2,1H3,(H,23,24)/t17-/m1/s1. The number of anilines is 1. The molecule has 1 aliphatic rings. The van der Waals surface area contributed by atoms with Crippen LogP contribution in [0.2, 0.25) is 0 Å². The Labute approximate surface area is 162 Å². The highest BCUT2D eigenvalue weighted by atomic mass is 32.1. The van der Waals surface area contributed by atoms with Crippen molar-refractivity contribution < 1.29 is 14.3 Å². The predicted molar refractivity (Wildman–Crippen MR) is 108 cm³/mol. The lowest BCUT2D eigenvalue weighted by atomic mass is 9.89. The van der Waals surface area contributed by atoms with Gasteiger partial charge in [0.15, 0.2) is 11.5 Å². The second kappa shape index (κ2) is 7.84. The van der Waals surface area contributed by atoms with Crippen LogP contribution in [0.15, 0.2) is 60.0 Å². The van der Waals surface area contributed by atoms with Crippen LogP contribution in [-0.4, -0.2) is 19.6 Å². The summed E-state index contributed by atoms with van der Waals surface area (Å²) >= 11 is 1.66. The van der Waals surface area contributed by atoms with Gasteiger partial charge in [-0.2, -0.15) is 0 Å². The molecular formula is C22H21NO3S. The summed E-state index contributed by atoms with van der Waals surface area (Å²) in [5, 5.41) is 4.97. The Morgan fingerprint density at radius 2 is 1.96 bits per heavy atom. The van der Waals surface area contributed by atoms with Crippen molar-refractivity contribution in [2.45, 2.75) is 18.8 Å². The maximum absolute atomic E-state index is 12.2. The number of carbonyl (C=O) groups is 1. The highest BCUT2D eigenvalue weighted by Gasteiger charge is 2.30. The molecule has 3 aromatic rings. The van der Waals surface area contributed by atoms with Crippen LogP contribution in [0.3, 0.4) is 0 Å². The van der Waals surface area contributed by atoms with Crippen LogP contribution in [0.25, 0.3) is 0 Å². The predicted octanol–water partition coefficient (Wildman–Crippen LogP) is 4.85. The summed E-state index contributed by atoms with van der Waals surface area (Å²) in [4.78, 5) is 13.4. The van der Waals surface area contributed by atoms with Crippen LogP contribution >= 0.6 is 11.3 Å². The minimum absolute atomic E-state index is 0.0180. The number of hydrogen-bond acceptors (Lipinski definition) is 4. The van der Waals surface area contributed by atoms with Crippen molar-refractivity contribution in [1.82, 2.24) is 0 Å². The van der Waals surface area contributed by atoms with Gasteiger partial charge < -0.3 is 14.8 Å². The lowest BCUT2D eigenvalue weighted by Crippen LogP contribution is -2.22. The molecule has 2 aromatic carbocycles. The minimum Gasteiger partial charge on any atom is -0.493 e. The fourth-order valence-corrected chi connectivity index (χ4v) is 4.43. The number of rotatable bonds is 6. The molecule has 0 saturated heterocycles. The molecule has 0 fully saturated rings. The quantitative estimate of drug-likeness (QED) is 0.666. The van der Waals surface area contributed by atoms with Gasteiger partial charge in [-0.3, -0.25) is 4.79 Å². The summed E-state index contributed by atoms with van der Waals surface area (Å²) in [6.45, 7) is 0.549. The van der Waals surface area contributed by atoms with Gasteiger partial charge in [0.05, 0.1) is 19.4 Å². The molecule has 0 saturated carbocycles. The molecule has 4 nitrogen and oxygen atoms in total. The summed E-state index contributed by atoms with van der Waals surface area (Å²) in [6.07, 6.45) is 1.23. The van der Waals surface area contributed by atoms with Crippen LogP contribution in [0.1, 0.15) is 28.3 Å². The van der Waals surface area contributed by atoms with E-state index in [4.69, 9.17) is 9.47 Å². The molecule has 4 rings (SSSR count). The highest BCUT2D eigenvalue weighted by Crippen LogP contribution is 2.46. The van der Waals surface area contributed by atoms with Crippen molar-refractivity contribution in [2.75, 3.05) is 19.0 Å². The molecule has 5 heteroatoms. The van der Waals surface area contributed by atoms with E-state index in [0.717, 1.165) is 28.3 Å². The van der Waals surface area contributed by atoms with Gasteiger partial charge in [-0.15, -0.1) is 11.3 Å². The Hall–Kier alpha value is -2.79. The molecule has 0 aliphatic carbocycles. The third-order valence-corrected chi connectivity index (χ3v) is 5.79. The maximum atomic E-state index is 12.2. The number of ether oxygens (including phenoxy) is 2. The first-order chi connectivity index (χ1) is 13.3. The summed E-state index contributed by atoms with van der Waals surface area (Å²) in [7, 11) is 1.65. The van der Waals surface area contributed by atoms with Crippen LogP contribution in [0.4, 0.5) is 5.69 Å². The molecule has 2 heterocycles. The normalized spacial score (nSPS) is 15.7. The van der Waals surface area contributed by atoms with Gasteiger partial charge in [0.25, 0.3) is 0 Å². The first-order valence-corrected chi connectivity index (χ1v) is 9.85. The van der Waals surface area contributed by atoms with Gasteiger partial charge in [-0.05, 0) is 23.1 Å². The first kappa shape index (κ1) is 17.6. The lowest BCUT2D eigenvalue weighted by molar-refractivity contribution is -0.116. The van der Waals surface area contributed by atoms with Crippen LogP contribution in [0.5, 0.6) is 11.5 Å². The van der Waals surface area contributed by atoms with E-state index in [9.17, 15) is 4.79 Å². The molecular weight excluding hydrogens is 358 g/mol. The van der Waals surface area contributed by atoms with Crippen LogP contribution in [0, 0.1) is 0 Å². The van der Waals surface area contributed by atoms with E-state index in [1.807, 2.05) is 47.8 Å². The van der Waals surface area contributed by atoms with E-state index in [-0.39, 0.29) is 11.8 Å². The zero-order chi connectivity index (χ0) is 18.6. The third kappa shape index (κ3) is 3.69. The molecule has 1 N–H and O–H groups in total. The van der Waals surface area contributed by atoms with E-state index >= 15 is 0 Å². The summed E-state index contributed by atoms with van der Waals surface area (Å²) in [6, 6.07) is 18.1. The van der Waals surface area contributed by atoms with Gasteiger partial charge in [-0.25, -0.2) is 0 Å². The summed E-state index contributed by atoms with van der Waals surface area (Å²) < 4.78 is 11.7. The van der Waals surface area contributed by atoms with Crippen molar-refractivity contribution >= 4 is 22.9 Å². The number of nitrogens with one attached hydrogen (secondary N) is 1. The van der Waals surface area contributed by atoms with Gasteiger partial charge in [-0.1, -0.05) is 42.5 Å². The fourth-order valence-electron chi connectivity index (χ4n) is 3.46. The first-order valence-electron chi connectivity index (χ1n) is 8.97. The van der Waals surface area contributed by atoms with E-state index < -0.39 is 0 Å². The number of amides is 1. The Morgan fingerprint density at radius 3 is 2.78 bits per heavy atom. The van der Waals surface area contributed by atoms with E-state index in [0.29, 0.717) is 18.8 Å². The van der Waals surface area contributed by atoms with Crippen molar-refractivity contribution in [1.29, 1.82) is 0 Å². The average Bonchev–Trinajstić information content (AvgIpc) is 3.16. The van der Waals surface area contributed by atoms with Gasteiger partial charge in [0.1, 0.15) is 0 Å². The molecule has 1 aliphatic heterocycles. The maximum Gasteiger partial charge on any atom is 0.225 e. The number of benzene rings is 2. The summed E-state index contributed by atoms with van der Waals surface area (Å²) in [5.74, 6) is 1.44. The van der Waals surface area contributed by atoms with E-state index in [1.165, 1.54) is 5.56 Å². The zero-order valence-corrected chi connectivity index (χ0v) is 15.9. The molecule has 1 aromatic heterocycles. The number of methoxy groups -OCH3 is 1. The monoisotopic (exact) mass is 379 g/mol. The zero-order valence-electron chi connectivity index (χ0n) is 15.1. The Bertz CT molecular complexity index is 936. The molecule has 1 amide bonds. The Kier molecular flexibility index (Phi) is 5.12. The third-order valence-electron chi connectivity index (χ3n) is 4.76. The fraction of sp³-hybridized carbons (Fsp3) is 0.227. The highest BCUT2D eigenvalue weighted by molar-refractivity contribution is 7.10. The lowest BCUT2D eigenvalue weighted by Gasteiger charge is -2.25. The van der Waals surface area contributed by atoms with E-state index in [1.54, 1.807) is 18.4 Å². The van der Waals surface area contributed by atoms with Crippen molar-refractivity contribution in [3.05, 3.63) is 76.0 Å². The molecule has 0 radical (unpaired) electrons. The van der Waals surface area contributed by atoms with Crippen LogP contribution < -0.4 is 14.8 Å². The van der Waals surface area contributed by atoms with Crippen molar-refractivity contribution in [3.63, 3.8) is 0 Å². The number of fused-ring (bicyclic) bond motifs is 1. The number of thiophene rings is 1. The van der Waals surface area contributed by atoms with Gasteiger partial charge in [0.2, 0.25) is 5.91 Å². The smallest absolute Gasteiger partial charge is 0.225 e. The van der Waals surface area contributed by atoms with Crippen molar-refractivity contribution in [3.8, 4) is 11.5 Å². The van der Waals surface area contributed by atoms with Gasteiger partial charge in [0, 0.05) is 29.2 Å². The molecule has 0 spiro atoms. The number of carbonyl (C=O) groups excluding carboxylic acids is 1. The Balaban J connectivity index is 1.63. The SMILES string of the molecule is COc1cccc([C@H]2CC(=O)Nc3ccsc32)c1OCCc1ccccc1. The minimum atomic E-state index is -0.0180. The van der Waals surface area contributed by atoms with Crippen molar-refractivity contribution in [2.24, 2.45) is 0 Å². The Morgan fingerprint density at radius 1 is 1.11 bits per heavy atom. The number of hydrogen-bond donors (Lipinski definition) is 1.